The molecule has 1 amide bonds. The second-order valence-corrected chi connectivity index (χ2v) is 3.65. The highest BCUT2D eigenvalue weighted by Gasteiger charge is 2.19. The Hall–Kier alpha value is -1.30. The van der Waals surface area contributed by atoms with E-state index < -0.39 is 24.0 Å². The molecule has 0 bridgehead atoms. The van der Waals surface area contributed by atoms with Crippen LogP contribution in [0.4, 0.5) is 4.79 Å². The van der Waals surface area contributed by atoms with Crippen LogP contribution in [0.2, 0.25) is 0 Å². The van der Waals surface area contributed by atoms with Gasteiger partial charge in [-0.1, -0.05) is 13.8 Å². The summed E-state index contributed by atoms with van der Waals surface area (Å²) >= 11 is 0. The van der Waals surface area contributed by atoms with E-state index in [1.54, 1.807) is 13.8 Å². The number of hydrogen-bond donors (Lipinski definition) is 3. The number of aliphatic hydroxyl groups excluding tert-OH is 1. The van der Waals surface area contributed by atoms with Gasteiger partial charge in [0.1, 0.15) is 13.2 Å². The van der Waals surface area contributed by atoms with E-state index in [0.29, 0.717) is 0 Å². The van der Waals surface area contributed by atoms with Gasteiger partial charge in [-0.15, -0.1) is 0 Å². The van der Waals surface area contributed by atoms with Crippen molar-refractivity contribution in [2.45, 2.75) is 13.8 Å². The Morgan fingerprint density at radius 3 is 2.43 bits per heavy atom. The molecule has 0 spiro atoms. The molecule has 0 saturated heterocycles. The molecule has 3 N–H and O–H groups in total. The SMILES string of the molecule is CC(C)(CO)COC(=O)NCC(=O)O. The van der Waals surface area contributed by atoms with Gasteiger partial charge in [0.2, 0.25) is 0 Å². The number of aliphatic hydroxyl groups is 1. The zero-order chi connectivity index (χ0) is 11.2. The van der Waals surface area contributed by atoms with Crippen molar-refractivity contribution in [3.05, 3.63) is 0 Å². The lowest BCUT2D eigenvalue weighted by Crippen LogP contribution is -2.33. The summed E-state index contributed by atoms with van der Waals surface area (Å²) in [6, 6.07) is 0. The number of nitrogens with one attached hydrogen (secondary N) is 1. The summed E-state index contributed by atoms with van der Waals surface area (Å²) in [5.74, 6) is -1.14. The first-order valence-corrected chi connectivity index (χ1v) is 4.11. The van der Waals surface area contributed by atoms with Crippen molar-refractivity contribution >= 4 is 12.1 Å². The van der Waals surface area contributed by atoms with Gasteiger partial charge in [0, 0.05) is 5.41 Å². The fourth-order valence-corrected chi connectivity index (χ4v) is 0.505. The highest BCUT2D eigenvalue weighted by molar-refractivity contribution is 5.76. The maximum atomic E-state index is 10.8. The quantitative estimate of drug-likeness (QED) is 0.578. The number of ether oxygens (including phenoxy) is 1. The number of hydrogen-bond acceptors (Lipinski definition) is 4. The minimum atomic E-state index is -1.14. The van der Waals surface area contributed by atoms with E-state index in [4.69, 9.17) is 10.2 Å². The lowest BCUT2D eigenvalue weighted by Gasteiger charge is -2.20. The number of carboxylic acid groups (broad SMARTS) is 1. The summed E-state index contributed by atoms with van der Waals surface area (Å²) < 4.78 is 4.67. The molecular weight excluding hydrogens is 190 g/mol. The number of amides is 1. The average molecular weight is 205 g/mol. The van der Waals surface area contributed by atoms with E-state index in [2.05, 4.69) is 4.74 Å². The predicted molar refractivity (Wildman–Crippen MR) is 47.9 cm³/mol. The third kappa shape index (κ3) is 6.24. The first-order valence-electron chi connectivity index (χ1n) is 4.11. The van der Waals surface area contributed by atoms with Gasteiger partial charge in [-0.3, -0.25) is 4.79 Å². The molecule has 0 aromatic rings. The van der Waals surface area contributed by atoms with Crippen LogP contribution in [0, 0.1) is 5.41 Å². The highest BCUT2D eigenvalue weighted by atomic mass is 16.5. The van der Waals surface area contributed by atoms with Gasteiger partial charge in [0.25, 0.3) is 0 Å². The van der Waals surface area contributed by atoms with Crippen LogP contribution in [-0.4, -0.2) is 42.0 Å². The minimum Gasteiger partial charge on any atom is -0.480 e. The molecule has 0 rings (SSSR count). The molecular formula is C8H15NO5. The van der Waals surface area contributed by atoms with Crippen LogP contribution in [0.15, 0.2) is 0 Å². The summed E-state index contributed by atoms with van der Waals surface area (Å²) in [7, 11) is 0. The van der Waals surface area contributed by atoms with Crippen LogP contribution in [0.5, 0.6) is 0 Å². The molecule has 0 radical (unpaired) electrons. The van der Waals surface area contributed by atoms with Gasteiger partial charge in [-0.05, 0) is 0 Å². The normalized spacial score (nSPS) is 10.8. The zero-order valence-electron chi connectivity index (χ0n) is 8.24. The average Bonchev–Trinajstić information content (AvgIpc) is 2.11. The number of aliphatic carboxylic acids is 1. The summed E-state index contributed by atoms with van der Waals surface area (Å²) in [4.78, 5) is 20.9. The molecule has 0 aliphatic heterocycles. The number of carboxylic acids is 1. The first kappa shape index (κ1) is 12.7. The lowest BCUT2D eigenvalue weighted by molar-refractivity contribution is -0.135. The van der Waals surface area contributed by atoms with Gasteiger partial charge >= 0.3 is 12.1 Å². The fourth-order valence-electron chi connectivity index (χ4n) is 0.505. The Kier molecular flexibility index (Phi) is 4.93. The third-order valence-electron chi connectivity index (χ3n) is 1.41. The van der Waals surface area contributed by atoms with Crippen LogP contribution in [-0.2, 0) is 9.53 Å². The van der Waals surface area contributed by atoms with Crippen molar-refractivity contribution in [3.8, 4) is 0 Å². The highest BCUT2D eigenvalue weighted by Crippen LogP contribution is 2.13. The topological polar surface area (TPSA) is 95.9 Å². The van der Waals surface area contributed by atoms with Crippen LogP contribution in [0.3, 0.4) is 0 Å². The molecule has 0 heterocycles. The van der Waals surface area contributed by atoms with Gasteiger partial charge in [-0.25, -0.2) is 4.79 Å². The largest absolute Gasteiger partial charge is 0.480 e. The molecule has 0 saturated carbocycles. The lowest BCUT2D eigenvalue weighted by atomic mass is 9.97. The Bertz CT molecular complexity index is 214. The monoisotopic (exact) mass is 205 g/mol. The third-order valence-corrected chi connectivity index (χ3v) is 1.41. The zero-order valence-corrected chi connectivity index (χ0v) is 8.24. The Morgan fingerprint density at radius 1 is 1.43 bits per heavy atom. The van der Waals surface area contributed by atoms with Gasteiger partial charge in [0.15, 0.2) is 0 Å². The fraction of sp³-hybridized carbons (Fsp3) is 0.750. The molecule has 0 aromatic carbocycles. The van der Waals surface area contributed by atoms with Gasteiger partial charge < -0.3 is 20.3 Å². The molecule has 6 nitrogen and oxygen atoms in total. The Morgan fingerprint density at radius 2 is 2.00 bits per heavy atom. The maximum Gasteiger partial charge on any atom is 0.407 e. The summed E-state index contributed by atoms with van der Waals surface area (Å²) in [5.41, 5.74) is -0.513. The van der Waals surface area contributed by atoms with Crippen molar-refractivity contribution in [1.82, 2.24) is 5.32 Å². The molecule has 0 atom stereocenters. The van der Waals surface area contributed by atoms with Crippen LogP contribution >= 0.6 is 0 Å². The number of alkyl carbamates (subject to hydrolysis) is 1. The molecule has 0 aliphatic carbocycles. The standard InChI is InChI=1S/C8H15NO5/c1-8(2,4-10)5-14-7(13)9-3-6(11)12/h10H,3-5H2,1-2H3,(H,9,13)(H,11,12). The molecule has 0 fully saturated rings. The predicted octanol–water partition coefficient (Wildman–Crippen LogP) is -0.184. The second kappa shape index (κ2) is 5.43. The molecule has 14 heavy (non-hydrogen) atoms. The maximum absolute atomic E-state index is 10.8. The summed E-state index contributed by atoms with van der Waals surface area (Å²) in [6.07, 6.45) is -0.797. The molecule has 0 unspecified atom stereocenters. The van der Waals surface area contributed by atoms with Crippen LogP contribution in [0.25, 0.3) is 0 Å². The number of carbonyl (C=O) groups excluding carboxylic acids is 1. The Labute approximate surface area is 81.9 Å². The van der Waals surface area contributed by atoms with Crippen molar-refractivity contribution in [2.75, 3.05) is 19.8 Å². The summed E-state index contributed by atoms with van der Waals surface area (Å²) in [5, 5.41) is 19.1. The Balaban J connectivity index is 3.69. The van der Waals surface area contributed by atoms with Gasteiger partial charge in [0.05, 0.1) is 6.61 Å². The minimum absolute atomic E-state index is 0.0367. The van der Waals surface area contributed by atoms with Crippen molar-refractivity contribution in [2.24, 2.45) is 5.41 Å². The van der Waals surface area contributed by atoms with E-state index >= 15 is 0 Å². The van der Waals surface area contributed by atoms with Crippen molar-refractivity contribution in [3.63, 3.8) is 0 Å². The van der Waals surface area contributed by atoms with Crippen molar-refractivity contribution in [1.29, 1.82) is 0 Å². The van der Waals surface area contributed by atoms with Crippen molar-refractivity contribution < 1.29 is 24.5 Å². The van der Waals surface area contributed by atoms with Crippen LogP contribution in [0.1, 0.15) is 13.8 Å². The van der Waals surface area contributed by atoms with Gasteiger partial charge in [-0.2, -0.15) is 0 Å². The molecule has 82 valence electrons. The smallest absolute Gasteiger partial charge is 0.407 e. The second-order valence-electron chi connectivity index (χ2n) is 3.65. The van der Waals surface area contributed by atoms with E-state index in [1.165, 1.54) is 0 Å². The first-order chi connectivity index (χ1) is 6.37. The molecule has 0 aromatic heterocycles. The van der Waals surface area contributed by atoms with E-state index in [-0.39, 0.29) is 13.2 Å². The van der Waals surface area contributed by atoms with E-state index in [9.17, 15) is 9.59 Å². The van der Waals surface area contributed by atoms with E-state index in [0.717, 1.165) is 0 Å². The number of rotatable bonds is 5. The van der Waals surface area contributed by atoms with E-state index in [1.807, 2.05) is 5.32 Å². The molecule has 6 heteroatoms. The number of carbonyl (C=O) groups is 2. The van der Waals surface area contributed by atoms with Crippen LogP contribution < -0.4 is 5.32 Å². The molecule has 0 aliphatic rings. The summed E-state index contributed by atoms with van der Waals surface area (Å²) in [6.45, 7) is 2.89.